The topological polar surface area (TPSA) is 64.0 Å². The van der Waals surface area contributed by atoms with Gasteiger partial charge in [0.2, 0.25) is 0 Å². The van der Waals surface area contributed by atoms with Gasteiger partial charge in [-0.25, -0.2) is 0 Å². The molecule has 152 valence electrons. The van der Waals surface area contributed by atoms with Crippen molar-refractivity contribution in [1.82, 2.24) is 9.89 Å². The number of benzene rings is 3. The number of hydrogen-bond donors (Lipinski definition) is 1. The second-order valence-electron chi connectivity index (χ2n) is 6.47. The van der Waals surface area contributed by atoms with Gasteiger partial charge in [0, 0.05) is 21.0 Å². The number of nitrogens with one attached hydrogen (secondary N) is 1. The Kier molecular flexibility index (Phi) is 5.85. The zero-order valence-corrected chi connectivity index (χ0v) is 18.4. The van der Waals surface area contributed by atoms with Crippen LogP contribution < -0.4 is 4.83 Å². The van der Waals surface area contributed by atoms with Crippen molar-refractivity contribution in [2.45, 2.75) is 9.79 Å². The van der Waals surface area contributed by atoms with E-state index in [0.717, 1.165) is 16.0 Å². The van der Waals surface area contributed by atoms with Gasteiger partial charge in [-0.2, -0.15) is 23.1 Å². The van der Waals surface area contributed by atoms with Crippen LogP contribution in [-0.2, 0) is 10.0 Å². The van der Waals surface area contributed by atoms with Crippen molar-refractivity contribution in [1.29, 1.82) is 0 Å². The molecule has 8 heteroatoms. The highest BCUT2D eigenvalue weighted by Gasteiger charge is 2.19. The molecule has 0 aliphatic carbocycles. The molecule has 4 rings (SSSR count). The van der Waals surface area contributed by atoms with Gasteiger partial charge in [0.15, 0.2) is 0 Å². The van der Waals surface area contributed by atoms with Crippen LogP contribution in [0.1, 0.15) is 0 Å². The molecule has 3 aromatic carbocycles. The van der Waals surface area contributed by atoms with E-state index in [4.69, 9.17) is 11.6 Å². The number of hydrogen-bond acceptors (Lipinski definition) is 4. The van der Waals surface area contributed by atoms with Gasteiger partial charge in [-0.1, -0.05) is 54.1 Å². The second kappa shape index (κ2) is 8.55. The van der Waals surface area contributed by atoms with Crippen molar-refractivity contribution in [2.24, 2.45) is 0 Å². The molecule has 0 aliphatic rings. The summed E-state index contributed by atoms with van der Waals surface area (Å²) in [5.41, 5.74) is 2.95. The van der Waals surface area contributed by atoms with E-state index in [1.54, 1.807) is 42.1 Å². The monoisotopic (exact) mass is 455 g/mol. The van der Waals surface area contributed by atoms with Crippen LogP contribution in [0, 0.1) is 0 Å². The quantitative estimate of drug-likeness (QED) is 0.388. The van der Waals surface area contributed by atoms with Gasteiger partial charge in [-0.15, -0.1) is 11.8 Å². The van der Waals surface area contributed by atoms with E-state index in [0.29, 0.717) is 16.4 Å². The van der Waals surface area contributed by atoms with Gasteiger partial charge < -0.3 is 0 Å². The van der Waals surface area contributed by atoms with Crippen LogP contribution in [-0.4, -0.2) is 24.6 Å². The Labute approximate surface area is 184 Å². The van der Waals surface area contributed by atoms with Crippen molar-refractivity contribution in [3.63, 3.8) is 0 Å². The molecule has 1 heterocycles. The van der Waals surface area contributed by atoms with Gasteiger partial charge in [-0.3, -0.25) is 0 Å². The van der Waals surface area contributed by atoms with Gasteiger partial charge in [-0.05, 0) is 48.7 Å². The summed E-state index contributed by atoms with van der Waals surface area (Å²) in [7, 11) is -3.81. The zero-order valence-electron chi connectivity index (χ0n) is 16.0. The van der Waals surface area contributed by atoms with E-state index in [9.17, 15) is 8.42 Å². The molecule has 5 nitrogen and oxygen atoms in total. The average Bonchev–Trinajstić information content (AvgIpc) is 3.18. The lowest BCUT2D eigenvalue weighted by molar-refractivity contribution is 0.592. The molecule has 0 unspecified atom stereocenters. The van der Waals surface area contributed by atoms with E-state index in [2.05, 4.69) is 9.93 Å². The lowest BCUT2D eigenvalue weighted by atomic mass is 10.1. The lowest BCUT2D eigenvalue weighted by Gasteiger charge is -2.11. The Morgan fingerprint density at radius 2 is 1.63 bits per heavy atom. The fraction of sp³-hybridized carbons (Fsp3) is 0.0455. The van der Waals surface area contributed by atoms with E-state index in [-0.39, 0.29) is 4.90 Å². The summed E-state index contributed by atoms with van der Waals surface area (Å²) in [6.45, 7) is 0. The number of aromatic nitrogens is 2. The van der Waals surface area contributed by atoms with E-state index in [1.165, 1.54) is 16.9 Å². The molecule has 0 amide bonds. The SMILES string of the molecule is CSc1cccc(-c2cc(-c3ccc(Cl)cc3)n(NS(=O)(=O)c3ccccc3)n2)c1. The summed E-state index contributed by atoms with van der Waals surface area (Å²) in [5, 5.41) is 5.15. The molecule has 0 bridgehead atoms. The van der Waals surface area contributed by atoms with Gasteiger partial charge >= 0.3 is 0 Å². The molecule has 0 radical (unpaired) electrons. The molecule has 0 saturated carbocycles. The Bertz CT molecular complexity index is 1270. The minimum atomic E-state index is -3.81. The number of rotatable bonds is 6. The number of nitrogens with zero attached hydrogens (tertiary/aromatic N) is 2. The highest BCUT2D eigenvalue weighted by Crippen LogP contribution is 2.29. The fourth-order valence-corrected chi connectivity index (χ4v) is 4.54. The number of thioether (sulfide) groups is 1. The minimum Gasteiger partial charge on any atom is -0.200 e. The summed E-state index contributed by atoms with van der Waals surface area (Å²) in [4.78, 5) is 5.13. The van der Waals surface area contributed by atoms with Crippen LogP contribution >= 0.6 is 23.4 Å². The first kappa shape index (κ1) is 20.5. The summed E-state index contributed by atoms with van der Waals surface area (Å²) >= 11 is 7.66. The van der Waals surface area contributed by atoms with Crippen molar-refractivity contribution >= 4 is 33.4 Å². The third-order valence-corrected chi connectivity index (χ3v) is 6.76. The van der Waals surface area contributed by atoms with E-state index >= 15 is 0 Å². The first-order valence-corrected chi connectivity index (χ1v) is 12.1. The summed E-state index contributed by atoms with van der Waals surface area (Å²) in [6, 6.07) is 25.2. The van der Waals surface area contributed by atoms with E-state index in [1.807, 2.05) is 48.7 Å². The highest BCUT2D eigenvalue weighted by atomic mass is 35.5. The largest absolute Gasteiger partial charge is 0.276 e. The molecular weight excluding hydrogens is 438 g/mol. The minimum absolute atomic E-state index is 0.161. The predicted octanol–water partition coefficient (Wildman–Crippen LogP) is 5.52. The summed E-state index contributed by atoms with van der Waals surface area (Å²) in [5.74, 6) is 0. The Hall–Kier alpha value is -2.74. The number of halogens is 1. The molecule has 0 spiro atoms. The average molecular weight is 456 g/mol. The van der Waals surface area contributed by atoms with Crippen LogP contribution in [0.25, 0.3) is 22.5 Å². The number of sulfonamides is 1. The molecule has 1 N–H and O–H groups in total. The lowest BCUT2D eigenvalue weighted by Crippen LogP contribution is -2.25. The molecule has 0 aliphatic heterocycles. The molecule has 30 heavy (non-hydrogen) atoms. The molecule has 4 aromatic rings. The maximum atomic E-state index is 12.9. The Balaban J connectivity index is 1.81. The molecular formula is C22H18ClN3O2S2. The first-order chi connectivity index (χ1) is 14.5. The second-order valence-corrected chi connectivity index (χ2v) is 9.45. The molecule has 1 aromatic heterocycles. The third-order valence-electron chi connectivity index (χ3n) is 4.48. The first-order valence-electron chi connectivity index (χ1n) is 9.04. The molecule has 0 fully saturated rings. The van der Waals surface area contributed by atoms with Crippen molar-refractivity contribution in [2.75, 3.05) is 11.1 Å². The van der Waals surface area contributed by atoms with Crippen molar-refractivity contribution in [3.8, 4) is 22.5 Å². The fourth-order valence-electron chi connectivity index (χ4n) is 2.97. The van der Waals surface area contributed by atoms with Crippen LogP contribution in [0.4, 0.5) is 0 Å². The van der Waals surface area contributed by atoms with Crippen LogP contribution in [0.2, 0.25) is 5.02 Å². The van der Waals surface area contributed by atoms with Crippen LogP contribution in [0.5, 0.6) is 0 Å². The van der Waals surface area contributed by atoms with Crippen molar-refractivity contribution < 1.29 is 8.42 Å². The normalized spacial score (nSPS) is 11.4. The zero-order chi connectivity index (χ0) is 21.1. The predicted molar refractivity (Wildman–Crippen MR) is 123 cm³/mol. The summed E-state index contributed by atoms with van der Waals surface area (Å²) < 4.78 is 25.8. The smallest absolute Gasteiger partial charge is 0.200 e. The molecule has 0 saturated heterocycles. The maximum Gasteiger partial charge on any atom is 0.276 e. The van der Waals surface area contributed by atoms with Crippen LogP contribution in [0.15, 0.2) is 94.7 Å². The maximum absolute atomic E-state index is 12.9. The van der Waals surface area contributed by atoms with Crippen molar-refractivity contribution in [3.05, 3.63) is 90.0 Å². The molecule has 0 atom stereocenters. The van der Waals surface area contributed by atoms with Gasteiger partial charge in [0.05, 0.1) is 16.3 Å². The third kappa shape index (κ3) is 4.38. The Morgan fingerprint density at radius 3 is 2.33 bits per heavy atom. The van der Waals surface area contributed by atoms with E-state index < -0.39 is 10.0 Å². The standard InChI is InChI=1S/C22H18ClN3O2S2/c1-29-19-7-5-6-17(14-19)21-15-22(16-10-12-18(23)13-11-16)26(24-21)25-30(27,28)20-8-3-2-4-9-20/h2-15,25H,1H3. The highest BCUT2D eigenvalue weighted by molar-refractivity contribution is 7.98. The van der Waals surface area contributed by atoms with Crippen LogP contribution in [0.3, 0.4) is 0 Å². The van der Waals surface area contributed by atoms with Gasteiger partial charge in [0.25, 0.3) is 10.0 Å². The summed E-state index contributed by atoms with van der Waals surface area (Å²) in [6.07, 6.45) is 2.00. The Morgan fingerprint density at radius 1 is 0.900 bits per heavy atom. The van der Waals surface area contributed by atoms with Gasteiger partial charge in [0.1, 0.15) is 0 Å².